The summed E-state index contributed by atoms with van der Waals surface area (Å²) in [7, 11) is 0. The molecule has 0 saturated heterocycles. The van der Waals surface area contributed by atoms with Gasteiger partial charge in [-0.05, 0) is 6.92 Å². The Hall–Kier alpha value is 0.383. The maximum atomic E-state index is 8.89. The van der Waals surface area contributed by atoms with E-state index < -0.39 is 5.97 Å². The van der Waals surface area contributed by atoms with Crippen molar-refractivity contribution in [3.05, 3.63) is 0 Å². The van der Waals surface area contributed by atoms with Gasteiger partial charge in [-0.25, -0.2) is 0 Å². The molecule has 0 spiro atoms. The zero-order valence-electron chi connectivity index (χ0n) is 3.40. The summed E-state index contributed by atoms with van der Waals surface area (Å²) in [6.45, 7) is 0.972. The smallest absolute Gasteiger partial charge is 1.00 e. The molecule has 0 radical (unpaired) electrons. The molecule has 0 atom stereocenters. The zero-order valence-corrected chi connectivity index (χ0v) is 7.12. The molecule has 0 aromatic heterocycles. The van der Waals surface area contributed by atoms with Crippen LogP contribution in [-0.2, 0) is 24.3 Å². The Labute approximate surface area is 55.1 Å². The maximum Gasteiger partial charge on any atom is 2.00 e. The first kappa shape index (κ1) is 16.2. The summed E-state index contributed by atoms with van der Waals surface area (Å²) in [4.78, 5) is 8.89. The van der Waals surface area contributed by atoms with Crippen LogP contribution in [0.4, 0.5) is 0 Å². The largest absolute Gasteiger partial charge is 2.00 e. The monoisotopic (exact) mass is 158 g/mol. The van der Waals surface area contributed by atoms with Crippen molar-refractivity contribution < 1.29 is 41.8 Å². The molecule has 32 valence electrons. The average molecular weight is 160 g/mol. The van der Waals surface area contributed by atoms with Gasteiger partial charge >= 0.3 is 19.5 Å². The van der Waals surface area contributed by atoms with E-state index in [9.17, 15) is 0 Å². The van der Waals surface area contributed by atoms with Gasteiger partial charge in [-0.2, -0.15) is 0 Å². The molecule has 0 amide bonds. The number of aliphatic carboxylic acids is 1. The Morgan fingerprint density at radius 3 is 1.67 bits per heavy atom. The van der Waals surface area contributed by atoms with Crippen molar-refractivity contribution in [3.63, 3.8) is 0 Å². The predicted octanol–water partition coefficient (Wildman–Crippen LogP) is -4.24. The molecular weight excluding hydrogens is 157 g/mol. The second-order valence-electron chi connectivity index (χ2n) is 0.492. The van der Waals surface area contributed by atoms with Gasteiger partial charge in [-0.15, -0.1) is 0 Å². The Kier molecular flexibility index (Phi) is 24.3. The number of carbonyl (C=O) groups is 1. The number of carboxylic acids is 1. The summed E-state index contributed by atoms with van der Waals surface area (Å²) in [6.07, 6.45) is 0. The fraction of sp³-hybridized carbons (Fsp3) is 0.500. The third-order valence-electron chi connectivity index (χ3n) is 0. The van der Waals surface area contributed by atoms with Gasteiger partial charge in [-0.1, -0.05) is 0 Å². The SMILES string of the molecule is CC(=O)[O-].[Cl-].[Zn+2]. The van der Waals surface area contributed by atoms with Crippen molar-refractivity contribution >= 4 is 5.97 Å². The zero-order chi connectivity index (χ0) is 3.58. The minimum Gasteiger partial charge on any atom is -1.00 e. The first-order valence-corrected chi connectivity index (χ1v) is 0.908. The summed E-state index contributed by atoms with van der Waals surface area (Å²) in [6, 6.07) is 0. The van der Waals surface area contributed by atoms with Crippen LogP contribution in [0.15, 0.2) is 0 Å². The summed E-state index contributed by atoms with van der Waals surface area (Å²) < 4.78 is 0. The topological polar surface area (TPSA) is 40.1 Å². The predicted molar refractivity (Wildman–Crippen MR) is 10.7 cm³/mol. The number of rotatable bonds is 0. The van der Waals surface area contributed by atoms with Crippen molar-refractivity contribution in [2.24, 2.45) is 0 Å². The standard InChI is InChI=1S/C2H4O2.ClH.Zn/c1-2(3)4;;/h1H3,(H,3,4);1H;/q;;+2/p-2. The van der Waals surface area contributed by atoms with E-state index in [4.69, 9.17) is 9.90 Å². The molecule has 0 unspecified atom stereocenters. The van der Waals surface area contributed by atoms with Gasteiger partial charge in [0.15, 0.2) is 0 Å². The minimum absolute atomic E-state index is 0. The van der Waals surface area contributed by atoms with Gasteiger partial charge in [-0.3, -0.25) is 0 Å². The molecule has 0 aromatic carbocycles. The third-order valence-corrected chi connectivity index (χ3v) is 0. The molecule has 0 saturated carbocycles. The second-order valence-corrected chi connectivity index (χ2v) is 0.492. The van der Waals surface area contributed by atoms with Gasteiger partial charge in [0.25, 0.3) is 0 Å². The quantitative estimate of drug-likeness (QED) is 0.337. The van der Waals surface area contributed by atoms with Gasteiger partial charge in [0.1, 0.15) is 0 Å². The molecule has 0 aliphatic heterocycles. The average Bonchev–Trinajstić information content (AvgIpc) is 0.811. The van der Waals surface area contributed by atoms with Crippen LogP contribution in [0.25, 0.3) is 0 Å². The molecular formula is C2H3ClO2Zn. The number of carbonyl (C=O) groups excluding carboxylic acids is 1. The Bertz CT molecular complexity index is 34.5. The van der Waals surface area contributed by atoms with Crippen LogP contribution in [0.5, 0.6) is 0 Å². The van der Waals surface area contributed by atoms with E-state index in [2.05, 4.69) is 0 Å². The first-order valence-electron chi connectivity index (χ1n) is 0.908. The number of hydrogen-bond acceptors (Lipinski definition) is 2. The minimum atomic E-state index is -1.08. The van der Waals surface area contributed by atoms with Crippen molar-refractivity contribution in [3.8, 4) is 0 Å². The molecule has 0 aromatic rings. The fourth-order valence-corrected chi connectivity index (χ4v) is 0. The molecule has 0 rings (SSSR count). The van der Waals surface area contributed by atoms with Gasteiger partial charge in [0.05, 0.1) is 0 Å². The normalized spacial score (nSPS) is 4.17. The van der Waals surface area contributed by atoms with Crippen LogP contribution in [-0.4, -0.2) is 5.97 Å². The van der Waals surface area contributed by atoms with E-state index in [1.807, 2.05) is 0 Å². The molecule has 6 heavy (non-hydrogen) atoms. The van der Waals surface area contributed by atoms with Crippen LogP contribution in [0.1, 0.15) is 6.92 Å². The van der Waals surface area contributed by atoms with Crippen LogP contribution < -0.4 is 17.5 Å². The summed E-state index contributed by atoms with van der Waals surface area (Å²) in [5, 5.41) is 8.89. The van der Waals surface area contributed by atoms with E-state index in [0.29, 0.717) is 0 Å². The molecule has 0 N–H and O–H groups in total. The van der Waals surface area contributed by atoms with Crippen LogP contribution >= 0.6 is 0 Å². The molecule has 0 bridgehead atoms. The molecule has 0 aliphatic rings. The first-order chi connectivity index (χ1) is 1.73. The van der Waals surface area contributed by atoms with Crippen LogP contribution in [0.2, 0.25) is 0 Å². The Morgan fingerprint density at radius 1 is 1.67 bits per heavy atom. The van der Waals surface area contributed by atoms with E-state index in [0.717, 1.165) is 6.92 Å². The van der Waals surface area contributed by atoms with E-state index >= 15 is 0 Å². The van der Waals surface area contributed by atoms with Crippen molar-refractivity contribution in [1.82, 2.24) is 0 Å². The summed E-state index contributed by atoms with van der Waals surface area (Å²) >= 11 is 0. The van der Waals surface area contributed by atoms with Crippen LogP contribution in [0, 0.1) is 0 Å². The number of hydrogen-bond donors (Lipinski definition) is 0. The second kappa shape index (κ2) is 9.04. The summed E-state index contributed by atoms with van der Waals surface area (Å²) in [5.74, 6) is -1.08. The fourth-order valence-electron chi connectivity index (χ4n) is 0. The molecule has 0 aliphatic carbocycles. The molecule has 0 heterocycles. The van der Waals surface area contributed by atoms with Gasteiger partial charge in [0.2, 0.25) is 0 Å². The van der Waals surface area contributed by atoms with Crippen molar-refractivity contribution in [2.75, 3.05) is 0 Å². The molecule has 0 fully saturated rings. The van der Waals surface area contributed by atoms with Gasteiger partial charge < -0.3 is 22.3 Å². The molecule has 4 heteroatoms. The van der Waals surface area contributed by atoms with E-state index in [1.165, 1.54) is 0 Å². The van der Waals surface area contributed by atoms with Gasteiger partial charge in [0, 0.05) is 5.97 Å². The third kappa shape index (κ3) is 341. The number of carboxylic acid groups (broad SMARTS) is 1. The Morgan fingerprint density at radius 2 is 1.67 bits per heavy atom. The van der Waals surface area contributed by atoms with Crippen molar-refractivity contribution in [1.29, 1.82) is 0 Å². The molecule has 2 nitrogen and oxygen atoms in total. The Balaban J connectivity index is -0.0000000450. The van der Waals surface area contributed by atoms with E-state index in [-0.39, 0.29) is 31.9 Å². The maximum absolute atomic E-state index is 8.89. The van der Waals surface area contributed by atoms with E-state index in [1.54, 1.807) is 0 Å². The van der Waals surface area contributed by atoms with Crippen molar-refractivity contribution in [2.45, 2.75) is 6.92 Å². The number of halogens is 1. The van der Waals surface area contributed by atoms with Crippen LogP contribution in [0.3, 0.4) is 0 Å². The summed E-state index contributed by atoms with van der Waals surface area (Å²) in [5.41, 5.74) is 0.